The van der Waals surface area contributed by atoms with Crippen LogP contribution in [0.5, 0.6) is 0 Å². The Balaban J connectivity index is 0.000000473. The van der Waals surface area contributed by atoms with Crippen molar-refractivity contribution in [1.29, 1.82) is 0 Å². The normalized spacial score (nSPS) is 11.8. The van der Waals surface area contributed by atoms with Gasteiger partial charge in [-0.3, -0.25) is 9.59 Å². The van der Waals surface area contributed by atoms with E-state index < -0.39 is 10.1 Å². The fourth-order valence-corrected chi connectivity index (χ4v) is 7.09. The van der Waals surface area contributed by atoms with Gasteiger partial charge in [0.25, 0.3) is 23.1 Å². The monoisotopic (exact) mass is 855 g/mol. The second-order valence-corrected chi connectivity index (χ2v) is 15.7. The van der Waals surface area contributed by atoms with Gasteiger partial charge in [0, 0.05) is 46.8 Å². The molecular formula is C49H43N8O5S+. The molecule has 0 atom stereocenters. The van der Waals surface area contributed by atoms with Crippen LogP contribution in [0.3, 0.4) is 0 Å². The van der Waals surface area contributed by atoms with Gasteiger partial charge in [0.15, 0.2) is 11.4 Å². The number of benzene rings is 4. The van der Waals surface area contributed by atoms with Crippen LogP contribution in [0, 0.1) is 6.92 Å². The Bertz CT molecular complexity index is 2950. The molecule has 2 amide bonds. The number of pyridine rings is 2. The van der Waals surface area contributed by atoms with E-state index in [2.05, 4.69) is 102 Å². The molecule has 8 rings (SSSR count). The second-order valence-electron chi connectivity index (χ2n) is 14.3. The number of nitrogens with zero attached hydrogens (tertiary/aromatic N) is 6. The average molecular weight is 856 g/mol. The van der Waals surface area contributed by atoms with Crippen molar-refractivity contribution in [1.82, 2.24) is 19.7 Å². The molecule has 0 aliphatic rings. The van der Waals surface area contributed by atoms with Crippen molar-refractivity contribution in [3.05, 3.63) is 198 Å². The number of hydrogen-bond donors (Lipinski definition) is 2. The van der Waals surface area contributed by atoms with Gasteiger partial charge in [-0.2, -0.15) is 10.2 Å². The van der Waals surface area contributed by atoms with Crippen molar-refractivity contribution in [3.8, 4) is 22.5 Å². The van der Waals surface area contributed by atoms with Crippen LogP contribution >= 0.6 is 0 Å². The molecule has 8 aromatic rings. The zero-order valence-electron chi connectivity index (χ0n) is 34.6. The lowest BCUT2D eigenvalue weighted by Gasteiger charge is -2.05. The molecule has 14 heteroatoms. The Morgan fingerprint density at radius 2 is 1.00 bits per heavy atom. The number of hydrogen-bond acceptors (Lipinski definition) is 7. The Morgan fingerprint density at radius 3 is 1.38 bits per heavy atom. The lowest BCUT2D eigenvalue weighted by Crippen LogP contribution is -2.29. The summed E-state index contributed by atoms with van der Waals surface area (Å²) in [4.78, 5) is 24.9. The number of carbonyl (C=O) groups is 2. The lowest BCUT2D eigenvalue weighted by molar-refractivity contribution is -0.633. The van der Waals surface area contributed by atoms with Gasteiger partial charge < -0.3 is 4.55 Å². The summed E-state index contributed by atoms with van der Waals surface area (Å²) >= 11 is 0. The number of imidazole rings is 2. The van der Waals surface area contributed by atoms with E-state index in [1.165, 1.54) is 24.6 Å². The summed E-state index contributed by atoms with van der Waals surface area (Å²) in [5.41, 5.74) is 15.4. The molecule has 4 aromatic carbocycles. The standard InChI is InChI=1S/C42H34N8O2.C7H8O3S/c1-47-37(29-49-27-5-3-11-39(47)49)33-17-13-31(14-18-33)9-7-25-43-45-41(51)35-21-23-36(24-22-35)42(52)46-44-26-8-10-32-15-19-34(20-16-32)38-30-50-28-6-4-12-40(50)48(38)2;1-6-2-4-7(5-3-6)11(8,9)10/h3-30H,1-2H3;2-5H,1H3,(H,8,9,10)/p+1/b9-7+,10-8+,43-25+,44-26+;. The highest BCUT2D eigenvalue weighted by molar-refractivity contribution is 7.85. The number of carbonyl (C=O) groups excluding carboxylic acids is 2. The zero-order chi connectivity index (χ0) is 44.3. The van der Waals surface area contributed by atoms with Crippen LogP contribution in [0.1, 0.15) is 37.4 Å². The minimum absolute atomic E-state index is 0.178. The minimum Gasteiger partial charge on any atom is -0.744 e. The molecule has 0 radical (unpaired) electrons. The van der Waals surface area contributed by atoms with Crippen molar-refractivity contribution in [2.75, 3.05) is 0 Å². The summed E-state index contributed by atoms with van der Waals surface area (Å²) in [6, 6.07) is 40.7. The SMILES string of the molecule is C[n+]1c(-c2ccc(/C=C/C=N/NC(=O)c3ccc(C(=O)N/N=C/C=C/c4ccc(-c5cn6ccccc6[n+]5C)cc4)cc3)cc2)cn2ccccc21.Cc1ccc(S(=O)(=O)[O-])cc1. The Kier molecular flexibility index (Phi) is 13.3. The highest BCUT2D eigenvalue weighted by Crippen LogP contribution is 2.20. The quantitative estimate of drug-likeness (QED) is 0.0625. The van der Waals surface area contributed by atoms with Crippen LogP contribution in [0.4, 0.5) is 0 Å². The Hall–Kier alpha value is -8.07. The highest BCUT2D eigenvalue weighted by atomic mass is 32.2. The first kappa shape index (κ1) is 43.0. The van der Waals surface area contributed by atoms with Crippen LogP contribution in [-0.2, 0) is 24.2 Å². The number of hydrazone groups is 2. The second kappa shape index (κ2) is 19.5. The Labute approximate surface area is 364 Å². The van der Waals surface area contributed by atoms with E-state index in [-0.39, 0.29) is 16.7 Å². The maximum Gasteiger partial charge on any atom is 0.286 e. The molecule has 314 valence electrons. The van der Waals surface area contributed by atoms with E-state index in [9.17, 15) is 22.6 Å². The third-order valence-corrected chi connectivity index (χ3v) is 10.9. The molecule has 4 aromatic heterocycles. The van der Waals surface area contributed by atoms with Gasteiger partial charge >= 0.3 is 0 Å². The first-order valence-electron chi connectivity index (χ1n) is 19.7. The van der Waals surface area contributed by atoms with Gasteiger partial charge in [-0.25, -0.2) is 37.2 Å². The molecule has 0 spiro atoms. The van der Waals surface area contributed by atoms with Crippen molar-refractivity contribution < 1.29 is 31.7 Å². The van der Waals surface area contributed by atoms with E-state index in [0.717, 1.165) is 50.5 Å². The van der Waals surface area contributed by atoms with Gasteiger partial charge in [0.1, 0.15) is 22.5 Å². The molecule has 4 heterocycles. The first-order valence-corrected chi connectivity index (χ1v) is 21.1. The third kappa shape index (κ3) is 10.8. The van der Waals surface area contributed by atoms with Crippen molar-refractivity contribution in [2.24, 2.45) is 24.3 Å². The number of nitrogens with one attached hydrogen (secondary N) is 2. The van der Waals surface area contributed by atoms with E-state index in [4.69, 9.17) is 0 Å². The maximum absolute atomic E-state index is 12.5. The minimum atomic E-state index is -4.27. The van der Waals surface area contributed by atoms with Crippen molar-refractivity contribution in [3.63, 3.8) is 0 Å². The number of rotatable bonds is 11. The number of fused-ring (bicyclic) bond motifs is 2. The molecular weight excluding hydrogens is 813 g/mol. The third-order valence-electron chi connectivity index (χ3n) is 10.0. The largest absolute Gasteiger partial charge is 0.744 e. The van der Waals surface area contributed by atoms with Crippen LogP contribution in [0.25, 0.3) is 46.0 Å². The van der Waals surface area contributed by atoms with Gasteiger partial charge in [0.05, 0.1) is 31.4 Å². The smallest absolute Gasteiger partial charge is 0.286 e. The number of aryl methyl sites for hydroxylation is 3. The fourth-order valence-electron chi connectivity index (χ4n) is 6.62. The predicted octanol–water partition coefficient (Wildman–Crippen LogP) is 6.93. The van der Waals surface area contributed by atoms with Crippen molar-refractivity contribution >= 4 is 57.8 Å². The molecule has 0 unspecified atom stereocenters. The van der Waals surface area contributed by atoms with Crippen LogP contribution in [0.2, 0.25) is 0 Å². The fraction of sp³-hybridized carbons (Fsp3) is 0.0612. The molecule has 0 saturated carbocycles. The van der Waals surface area contributed by atoms with E-state index in [1.807, 2.05) is 80.0 Å². The molecule has 0 aliphatic heterocycles. The summed E-state index contributed by atoms with van der Waals surface area (Å²) in [7, 11) is -0.161. The highest BCUT2D eigenvalue weighted by Gasteiger charge is 2.16. The molecule has 13 nitrogen and oxygen atoms in total. The summed E-state index contributed by atoms with van der Waals surface area (Å²) in [6.07, 6.45) is 18.7. The van der Waals surface area contributed by atoms with Crippen LogP contribution < -0.4 is 20.0 Å². The molecule has 63 heavy (non-hydrogen) atoms. The first-order chi connectivity index (χ1) is 30.4. The summed E-state index contributed by atoms with van der Waals surface area (Å²) in [5.74, 6) is -0.776. The van der Waals surface area contributed by atoms with E-state index in [0.29, 0.717) is 11.1 Å². The topological polar surface area (TPSA) is 157 Å². The maximum atomic E-state index is 12.5. The molecule has 0 bridgehead atoms. The van der Waals surface area contributed by atoms with Crippen LogP contribution in [0.15, 0.2) is 185 Å². The van der Waals surface area contributed by atoms with E-state index >= 15 is 0 Å². The summed E-state index contributed by atoms with van der Waals surface area (Å²) < 4.78 is 39.7. The molecule has 0 aliphatic carbocycles. The lowest BCUT2D eigenvalue weighted by atomic mass is 10.1. The summed E-state index contributed by atoms with van der Waals surface area (Å²) in [5, 5.41) is 8.01. The van der Waals surface area contributed by atoms with Gasteiger partial charge in [0.2, 0.25) is 0 Å². The van der Waals surface area contributed by atoms with E-state index in [1.54, 1.807) is 48.6 Å². The Morgan fingerprint density at radius 1 is 0.587 bits per heavy atom. The van der Waals surface area contributed by atoms with Gasteiger partial charge in [-0.15, -0.1) is 0 Å². The molecule has 0 fully saturated rings. The van der Waals surface area contributed by atoms with Crippen LogP contribution in [-0.4, -0.2) is 46.0 Å². The van der Waals surface area contributed by atoms with Crippen molar-refractivity contribution in [2.45, 2.75) is 11.8 Å². The summed E-state index contributed by atoms with van der Waals surface area (Å²) in [6.45, 7) is 1.82. The average Bonchev–Trinajstić information content (AvgIpc) is 3.82. The zero-order valence-corrected chi connectivity index (χ0v) is 35.4. The molecule has 0 saturated heterocycles. The molecule has 2 N–H and O–H groups in total. The number of amides is 2. The predicted molar refractivity (Wildman–Crippen MR) is 244 cm³/mol. The number of aromatic nitrogens is 4. The number of allylic oxidation sites excluding steroid dienone is 2. The van der Waals surface area contributed by atoms with Gasteiger partial charge in [-0.1, -0.05) is 66.2 Å². The van der Waals surface area contributed by atoms with Gasteiger partial charge in [-0.05, 0) is 103 Å².